The maximum atomic E-state index is 11.6. The molecule has 0 radical (unpaired) electrons. The summed E-state index contributed by atoms with van der Waals surface area (Å²) in [6, 6.07) is 7.32. The van der Waals surface area contributed by atoms with Crippen LogP contribution in [0.4, 0.5) is 0 Å². The first-order chi connectivity index (χ1) is 8.61. The van der Waals surface area contributed by atoms with Crippen LogP contribution in [0.1, 0.15) is 16.1 Å². The minimum absolute atomic E-state index is 0.0654. The number of benzene rings is 1. The molecule has 0 unspecified atom stereocenters. The van der Waals surface area contributed by atoms with Gasteiger partial charge in [0.2, 0.25) is 0 Å². The number of hydrogen-bond acceptors (Lipinski definition) is 3. The molecule has 2 aromatic rings. The summed E-state index contributed by atoms with van der Waals surface area (Å²) in [5, 5.41) is 0.966. The van der Waals surface area contributed by atoms with Crippen molar-refractivity contribution in [1.29, 1.82) is 0 Å². The smallest absolute Gasteiger partial charge is 0.191 e. The average Bonchev–Trinajstić information content (AvgIpc) is 2.41. The highest BCUT2D eigenvalue weighted by atomic mass is 79.9. The largest absolute Gasteiger partial charge is 0.291 e. The van der Waals surface area contributed by atoms with E-state index < -0.39 is 0 Å². The molecule has 2 rings (SSSR count). The third-order valence-electron chi connectivity index (χ3n) is 2.53. The lowest BCUT2D eigenvalue weighted by molar-refractivity contribution is 0.101. The van der Waals surface area contributed by atoms with Crippen LogP contribution in [0.3, 0.4) is 0 Å². The average molecular weight is 326 g/mol. The van der Waals surface area contributed by atoms with Gasteiger partial charge in [-0.1, -0.05) is 33.6 Å². The zero-order chi connectivity index (χ0) is 13.1. The Morgan fingerprint density at radius 2 is 2.11 bits per heavy atom. The van der Waals surface area contributed by atoms with Crippen LogP contribution in [0, 0.1) is 6.92 Å². The van der Waals surface area contributed by atoms with Gasteiger partial charge in [0.15, 0.2) is 5.78 Å². The molecule has 0 N–H and O–H groups in total. The highest BCUT2D eigenvalue weighted by molar-refractivity contribution is 9.09. The summed E-state index contributed by atoms with van der Waals surface area (Å²) in [7, 11) is 0. The number of carbonyl (C=O) groups is 1. The molecule has 0 saturated carbocycles. The van der Waals surface area contributed by atoms with Gasteiger partial charge >= 0.3 is 0 Å². The van der Waals surface area contributed by atoms with Crippen LogP contribution in [0.15, 0.2) is 30.6 Å². The van der Waals surface area contributed by atoms with Gasteiger partial charge in [-0.2, -0.15) is 0 Å². The summed E-state index contributed by atoms with van der Waals surface area (Å²) in [6.45, 7) is 1.93. The fraction of sp³-hybridized carbons (Fsp3) is 0.154. The molecule has 0 atom stereocenters. The van der Waals surface area contributed by atoms with Crippen LogP contribution in [0.5, 0.6) is 0 Å². The van der Waals surface area contributed by atoms with Gasteiger partial charge in [-0.3, -0.25) is 4.79 Å². The molecule has 0 spiro atoms. The Balaban J connectivity index is 2.44. The molecule has 3 nitrogen and oxygen atoms in total. The lowest BCUT2D eigenvalue weighted by atomic mass is 10.1. The van der Waals surface area contributed by atoms with Gasteiger partial charge in [-0.05, 0) is 30.7 Å². The van der Waals surface area contributed by atoms with Crippen molar-refractivity contribution in [1.82, 2.24) is 9.97 Å². The molecule has 1 heterocycles. The van der Waals surface area contributed by atoms with E-state index in [0.717, 1.165) is 11.1 Å². The summed E-state index contributed by atoms with van der Waals surface area (Å²) in [5.74, 6) is -0.0654. The summed E-state index contributed by atoms with van der Waals surface area (Å²) >= 11 is 9.11. The fourth-order valence-electron chi connectivity index (χ4n) is 1.54. The van der Waals surface area contributed by atoms with Gasteiger partial charge in [0, 0.05) is 10.6 Å². The predicted molar refractivity (Wildman–Crippen MR) is 75.3 cm³/mol. The van der Waals surface area contributed by atoms with Crippen LogP contribution in [0.25, 0.3) is 11.3 Å². The molecule has 0 fully saturated rings. The molecule has 0 aliphatic heterocycles. The van der Waals surface area contributed by atoms with Crippen molar-refractivity contribution in [3.63, 3.8) is 0 Å². The van der Waals surface area contributed by atoms with Crippen molar-refractivity contribution in [2.75, 3.05) is 5.33 Å². The van der Waals surface area contributed by atoms with E-state index in [9.17, 15) is 4.79 Å². The maximum absolute atomic E-state index is 11.6. The van der Waals surface area contributed by atoms with Crippen molar-refractivity contribution in [2.45, 2.75) is 6.92 Å². The van der Waals surface area contributed by atoms with Crippen molar-refractivity contribution in [3.05, 3.63) is 46.9 Å². The topological polar surface area (TPSA) is 42.9 Å². The van der Waals surface area contributed by atoms with Crippen molar-refractivity contribution >= 4 is 33.3 Å². The Hall–Kier alpha value is -1.26. The highest BCUT2D eigenvalue weighted by Crippen LogP contribution is 2.23. The van der Waals surface area contributed by atoms with Crippen LogP contribution in [-0.2, 0) is 0 Å². The highest BCUT2D eigenvalue weighted by Gasteiger charge is 2.08. The number of hydrogen-bond donors (Lipinski definition) is 0. The number of alkyl halides is 1. The maximum Gasteiger partial charge on any atom is 0.191 e. The summed E-state index contributed by atoms with van der Waals surface area (Å²) in [6.07, 6.45) is 1.40. The molecule has 1 aromatic heterocycles. The second-order valence-electron chi connectivity index (χ2n) is 3.81. The first kappa shape index (κ1) is 13.2. The van der Waals surface area contributed by atoms with E-state index in [1.165, 1.54) is 6.33 Å². The van der Waals surface area contributed by atoms with Crippen molar-refractivity contribution in [2.24, 2.45) is 0 Å². The van der Waals surface area contributed by atoms with Crippen LogP contribution >= 0.6 is 27.5 Å². The molecular formula is C13H10BrClN2O. The Bertz CT molecular complexity index is 601. The lowest BCUT2D eigenvalue weighted by Crippen LogP contribution is -2.04. The monoisotopic (exact) mass is 324 g/mol. The Morgan fingerprint density at radius 1 is 1.33 bits per heavy atom. The number of ketones is 1. The standard InChI is InChI=1S/C13H10BrClN2O/c1-8-4-9(2-3-10(8)15)11-5-12(13(18)6-14)17-7-16-11/h2-5,7H,6H2,1H3. The number of aromatic nitrogens is 2. The fourth-order valence-corrected chi connectivity index (χ4v) is 1.94. The van der Waals surface area contributed by atoms with Gasteiger partial charge < -0.3 is 0 Å². The van der Waals surface area contributed by atoms with Crippen molar-refractivity contribution < 1.29 is 4.79 Å². The second-order valence-corrected chi connectivity index (χ2v) is 4.78. The molecule has 18 heavy (non-hydrogen) atoms. The molecule has 0 aliphatic rings. The predicted octanol–water partition coefficient (Wildman–Crippen LogP) is 3.68. The van der Waals surface area contributed by atoms with E-state index in [0.29, 0.717) is 16.4 Å². The Morgan fingerprint density at radius 3 is 2.78 bits per heavy atom. The minimum Gasteiger partial charge on any atom is -0.291 e. The number of Topliss-reactive ketones (excluding diaryl/α,β-unsaturated/α-hetero) is 1. The molecule has 0 amide bonds. The quantitative estimate of drug-likeness (QED) is 0.638. The van der Waals surface area contributed by atoms with Gasteiger partial charge in [-0.25, -0.2) is 9.97 Å². The SMILES string of the molecule is Cc1cc(-c2cc(C(=O)CBr)ncn2)ccc1Cl. The first-order valence-corrected chi connectivity index (χ1v) is 6.79. The number of halogens is 2. The van der Waals surface area contributed by atoms with E-state index in [2.05, 4.69) is 25.9 Å². The van der Waals surface area contributed by atoms with Gasteiger partial charge in [0.1, 0.15) is 12.0 Å². The van der Waals surface area contributed by atoms with Crippen molar-refractivity contribution in [3.8, 4) is 11.3 Å². The minimum atomic E-state index is -0.0654. The normalized spacial score (nSPS) is 10.4. The second kappa shape index (κ2) is 5.59. The molecular weight excluding hydrogens is 316 g/mol. The zero-order valence-electron chi connectivity index (χ0n) is 9.65. The molecule has 92 valence electrons. The van der Waals surface area contributed by atoms with Gasteiger partial charge in [-0.15, -0.1) is 0 Å². The molecule has 0 aliphatic carbocycles. The summed E-state index contributed by atoms with van der Waals surface area (Å²) < 4.78 is 0. The number of carbonyl (C=O) groups excluding carboxylic acids is 1. The van der Waals surface area contributed by atoms with Gasteiger partial charge in [0.25, 0.3) is 0 Å². The van der Waals surface area contributed by atoms with E-state index in [-0.39, 0.29) is 11.1 Å². The third-order valence-corrected chi connectivity index (χ3v) is 3.46. The summed E-state index contributed by atoms with van der Waals surface area (Å²) in [5.41, 5.74) is 3.02. The van der Waals surface area contributed by atoms with Gasteiger partial charge in [0.05, 0.1) is 11.0 Å². The van der Waals surface area contributed by atoms with Crippen LogP contribution in [0.2, 0.25) is 5.02 Å². The van der Waals surface area contributed by atoms with E-state index in [4.69, 9.17) is 11.6 Å². The Labute approximate surface area is 118 Å². The zero-order valence-corrected chi connectivity index (χ0v) is 12.0. The number of nitrogens with zero attached hydrogens (tertiary/aromatic N) is 2. The number of aryl methyl sites for hydroxylation is 1. The number of rotatable bonds is 3. The Kier molecular flexibility index (Phi) is 4.09. The molecule has 0 bridgehead atoms. The summed E-state index contributed by atoms with van der Waals surface area (Å²) in [4.78, 5) is 19.7. The molecule has 1 aromatic carbocycles. The molecule has 5 heteroatoms. The third kappa shape index (κ3) is 2.76. The van der Waals surface area contributed by atoms with Crippen LogP contribution in [-0.4, -0.2) is 21.1 Å². The van der Waals surface area contributed by atoms with E-state index in [1.54, 1.807) is 6.07 Å². The van der Waals surface area contributed by atoms with Crippen LogP contribution < -0.4 is 0 Å². The lowest BCUT2D eigenvalue weighted by Gasteiger charge is -2.04. The molecule has 0 saturated heterocycles. The van der Waals surface area contributed by atoms with E-state index in [1.807, 2.05) is 25.1 Å². The first-order valence-electron chi connectivity index (χ1n) is 5.29. The van der Waals surface area contributed by atoms with E-state index >= 15 is 0 Å².